The first-order valence-electron chi connectivity index (χ1n) is 9.11. The molecule has 1 unspecified atom stereocenters. The van der Waals surface area contributed by atoms with Gasteiger partial charge in [-0.15, -0.1) is 0 Å². The van der Waals surface area contributed by atoms with E-state index in [4.69, 9.17) is 4.74 Å². The number of benzene rings is 2. The molecule has 0 bridgehead atoms. The molecule has 1 aliphatic heterocycles. The Kier molecular flexibility index (Phi) is 5.20. The van der Waals surface area contributed by atoms with E-state index in [-0.39, 0.29) is 18.2 Å². The number of fused-ring (bicyclic) bond motifs is 1. The Morgan fingerprint density at radius 1 is 1.17 bits per heavy atom. The number of aromatic nitrogens is 1. The molecule has 7 heteroatoms. The van der Waals surface area contributed by atoms with Crippen molar-refractivity contribution in [3.05, 3.63) is 83.9 Å². The van der Waals surface area contributed by atoms with Crippen molar-refractivity contribution in [3.8, 4) is 5.75 Å². The van der Waals surface area contributed by atoms with Gasteiger partial charge in [-0.2, -0.15) is 0 Å². The van der Waals surface area contributed by atoms with E-state index in [1.165, 1.54) is 18.2 Å². The number of halogens is 1. The van der Waals surface area contributed by atoms with Gasteiger partial charge in [0, 0.05) is 30.1 Å². The van der Waals surface area contributed by atoms with Gasteiger partial charge in [0.2, 0.25) is 11.8 Å². The average Bonchev–Trinajstić information content (AvgIpc) is 2.72. The molecule has 0 radical (unpaired) electrons. The standard InChI is InChI=1S/C22H18FN3O3/c23-14-7-8-18-19(12-21(27)26-20(18)10-14)22(28)25-15-5-3-6-17(11-15)29-13-16-4-1-2-9-24-16/h1-11,19H,12-13H2,(H,25,28)(H,26,27). The number of rotatable bonds is 5. The highest BCUT2D eigenvalue weighted by atomic mass is 19.1. The van der Waals surface area contributed by atoms with E-state index in [1.54, 1.807) is 30.5 Å². The smallest absolute Gasteiger partial charge is 0.232 e. The van der Waals surface area contributed by atoms with Crippen LogP contribution in [0.4, 0.5) is 15.8 Å². The Balaban J connectivity index is 1.47. The van der Waals surface area contributed by atoms with Crippen molar-refractivity contribution in [2.45, 2.75) is 18.9 Å². The largest absolute Gasteiger partial charge is 0.487 e. The number of nitrogens with zero attached hydrogens (tertiary/aromatic N) is 1. The summed E-state index contributed by atoms with van der Waals surface area (Å²) in [6.07, 6.45) is 1.69. The Labute approximate surface area is 166 Å². The third-order valence-electron chi connectivity index (χ3n) is 4.59. The average molecular weight is 391 g/mol. The van der Waals surface area contributed by atoms with Crippen LogP contribution < -0.4 is 15.4 Å². The number of anilines is 2. The molecular formula is C22H18FN3O3. The fourth-order valence-electron chi connectivity index (χ4n) is 3.20. The number of amides is 2. The second kappa shape index (κ2) is 8.10. The lowest BCUT2D eigenvalue weighted by Gasteiger charge is -2.25. The lowest BCUT2D eigenvalue weighted by atomic mass is 9.89. The number of hydrogen-bond acceptors (Lipinski definition) is 4. The molecule has 0 saturated carbocycles. The molecule has 0 aliphatic carbocycles. The van der Waals surface area contributed by atoms with Gasteiger partial charge in [0.05, 0.1) is 11.6 Å². The molecule has 0 fully saturated rings. The number of nitrogens with one attached hydrogen (secondary N) is 2. The summed E-state index contributed by atoms with van der Waals surface area (Å²) in [6.45, 7) is 0.306. The van der Waals surface area contributed by atoms with Crippen molar-refractivity contribution in [1.82, 2.24) is 4.98 Å². The summed E-state index contributed by atoms with van der Waals surface area (Å²) in [5, 5.41) is 5.42. The summed E-state index contributed by atoms with van der Waals surface area (Å²) in [7, 11) is 0. The monoisotopic (exact) mass is 391 g/mol. The van der Waals surface area contributed by atoms with Crippen molar-refractivity contribution in [2.24, 2.45) is 0 Å². The summed E-state index contributed by atoms with van der Waals surface area (Å²) in [5.74, 6) is -1.25. The van der Waals surface area contributed by atoms with Crippen molar-refractivity contribution in [3.63, 3.8) is 0 Å². The first-order valence-corrected chi connectivity index (χ1v) is 9.11. The fourth-order valence-corrected chi connectivity index (χ4v) is 3.20. The molecule has 1 atom stereocenters. The Hall–Kier alpha value is -3.74. The SMILES string of the molecule is O=C1CC(C(=O)Nc2cccc(OCc3ccccn3)c2)c2ccc(F)cc2N1. The van der Waals surface area contributed by atoms with Gasteiger partial charge < -0.3 is 15.4 Å². The van der Waals surface area contributed by atoms with Crippen LogP contribution in [0.5, 0.6) is 5.75 Å². The maximum atomic E-state index is 13.5. The van der Waals surface area contributed by atoms with Crippen LogP contribution in [0.15, 0.2) is 66.9 Å². The fraction of sp³-hybridized carbons (Fsp3) is 0.136. The van der Waals surface area contributed by atoms with Crippen molar-refractivity contribution in [2.75, 3.05) is 10.6 Å². The number of pyridine rings is 1. The number of hydrogen-bond donors (Lipinski definition) is 2. The summed E-state index contributed by atoms with van der Waals surface area (Å²) < 4.78 is 19.2. The van der Waals surface area contributed by atoms with Crippen molar-refractivity contribution in [1.29, 1.82) is 0 Å². The molecule has 4 rings (SSSR count). The van der Waals surface area contributed by atoms with Crippen LogP contribution in [-0.4, -0.2) is 16.8 Å². The van der Waals surface area contributed by atoms with Crippen LogP contribution >= 0.6 is 0 Å². The van der Waals surface area contributed by atoms with Crippen LogP contribution in [-0.2, 0) is 16.2 Å². The van der Waals surface area contributed by atoms with Crippen LogP contribution in [0.25, 0.3) is 0 Å². The van der Waals surface area contributed by atoms with Gasteiger partial charge in [-0.3, -0.25) is 14.6 Å². The molecule has 3 aromatic rings. The lowest BCUT2D eigenvalue weighted by Crippen LogP contribution is -2.30. The molecule has 0 spiro atoms. The maximum Gasteiger partial charge on any atom is 0.232 e. The molecule has 2 heterocycles. The molecular weight excluding hydrogens is 373 g/mol. The topological polar surface area (TPSA) is 80.3 Å². The molecule has 0 saturated heterocycles. The van der Waals surface area contributed by atoms with Crippen LogP contribution in [0.3, 0.4) is 0 Å². The van der Waals surface area contributed by atoms with Gasteiger partial charge in [0.1, 0.15) is 18.2 Å². The third-order valence-corrected chi connectivity index (χ3v) is 4.59. The summed E-state index contributed by atoms with van der Waals surface area (Å²) in [6, 6.07) is 16.6. The number of ether oxygens (including phenoxy) is 1. The van der Waals surface area contributed by atoms with Gasteiger partial charge in [0.15, 0.2) is 0 Å². The Morgan fingerprint density at radius 2 is 2.07 bits per heavy atom. The molecule has 1 aromatic heterocycles. The normalized spacial score (nSPS) is 15.2. The number of carbonyl (C=O) groups is 2. The summed E-state index contributed by atoms with van der Waals surface area (Å²) in [5.41, 5.74) is 2.25. The molecule has 1 aliphatic rings. The molecule has 2 amide bonds. The first-order chi connectivity index (χ1) is 14.1. The highest BCUT2D eigenvalue weighted by Gasteiger charge is 2.31. The van der Waals surface area contributed by atoms with Crippen molar-refractivity contribution >= 4 is 23.2 Å². The molecule has 146 valence electrons. The zero-order valence-corrected chi connectivity index (χ0v) is 15.4. The second-order valence-corrected chi connectivity index (χ2v) is 6.66. The van der Waals surface area contributed by atoms with E-state index >= 15 is 0 Å². The highest BCUT2D eigenvalue weighted by molar-refractivity contribution is 6.05. The second-order valence-electron chi connectivity index (χ2n) is 6.66. The van der Waals surface area contributed by atoms with Gasteiger partial charge in [-0.25, -0.2) is 4.39 Å². The summed E-state index contributed by atoms with van der Waals surface area (Å²) >= 11 is 0. The minimum absolute atomic E-state index is 0.000330. The van der Waals surface area contributed by atoms with E-state index in [0.29, 0.717) is 29.3 Å². The molecule has 2 aromatic carbocycles. The van der Waals surface area contributed by atoms with Crippen molar-refractivity contribution < 1.29 is 18.7 Å². The minimum atomic E-state index is -0.697. The Morgan fingerprint density at radius 3 is 2.90 bits per heavy atom. The molecule has 29 heavy (non-hydrogen) atoms. The number of carbonyl (C=O) groups excluding carboxylic acids is 2. The van der Waals surface area contributed by atoms with E-state index in [0.717, 1.165) is 5.69 Å². The predicted molar refractivity (Wildman–Crippen MR) is 106 cm³/mol. The van der Waals surface area contributed by atoms with E-state index in [1.807, 2.05) is 18.2 Å². The zero-order valence-electron chi connectivity index (χ0n) is 15.4. The van der Waals surface area contributed by atoms with E-state index in [2.05, 4.69) is 15.6 Å². The molecule has 6 nitrogen and oxygen atoms in total. The third kappa shape index (κ3) is 4.40. The lowest BCUT2D eigenvalue weighted by molar-refractivity contribution is -0.123. The zero-order chi connectivity index (χ0) is 20.2. The van der Waals surface area contributed by atoms with Gasteiger partial charge in [0.25, 0.3) is 0 Å². The summed E-state index contributed by atoms with van der Waals surface area (Å²) in [4.78, 5) is 29.0. The van der Waals surface area contributed by atoms with Crippen LogP contribution in [0, 0.1) is 5.82 Å². The predicted octanol–water partition coefficient (Wildman–Crippen LogP) is 3.86. The van der Waals surface area contributed by atoms with Gasteiger partial charge >= 0.3 is 0 Å². The van der Waals surface area contributed by atoms with E-state index < -0.39 is 11.7 Å². The Bertz CT molecular complexity index is 1060. The van der Waals surface area contributed by atoms with Gasteiger partial charge in [-0.05, 0) is 42.0 Å². The van der Waals surface area contributed by atoms with E-state index in [9.17, 15) is 14.0 Å². The highest BCUT2D eigenvalue weighted by Crippen LogP contribution is 2.33. The first kappa shape index (κ1) is 18.6. The van der Waals surface area contributed by atoms with Crippen LogP contribution in [0.1, 0.15) is 23.6 Å². The van der Waals surface area contributed by atoms with Crippen LogP contribution in [0.2, 0.25) is 0 Å². The van der Waals surface area contributed by atoms with Gasteiger partial charge in [-0.1, -0.05) is 18.2 Å². The quantitative estimate of drug-likeness (QED) is 0.692. The minimum Gasteiger partial charge on any atom is -0.487 e. The molecule has 2 N–H and O–H groups in total. The maximum absolute atomic E-state index is 13.5.